The molecule has 0 aliphatic carbocycles. The molecular weight excluding hydrogens is 356 g/mol. The lowest BCUT2D eigenvalue weighted by Gasteiger charge is -2.36. The van der Waals surface area contributed by atoms with Crippen LogP contribution in [0, 0.1) is 13.8 Å². The van der Waals surface area contributed by atoms with E-state index in [9.17, 15) is 5.11 Å². The number of hydrogen-bond donors (Lipinski definition) is 2. The molecule has 2 aliphatic heterocycles. The number of nitrogens with zero attached hydrogens (tertiary/aromatic N) is 3. The highest BCUT2D eigenvalue weighted by Crippen LogP contribution is 2.28. The highest BCUT2D eigenvalue weighted by molar-refractivity contribution is 5.46. The predicted octanol–water partition coefficient (Wildman–Crippen LogP) is 2.27. The minimum atomic E-state index is -0.287. The molecule has 7 heteroatoms. The third-order valence-electron chi connectivity index (χ3n) is 5.38. The van der Waals surface area contributed by atoms with E-state index in [1.54, 1.807) is 0 Å². The summed E-state index contributed by atoms with van der Waals surface area (Å²) in [6.45, 7) is 8.02. The van der Waals surface area contributed by atoms with Gasteiger partial charge in [-0.15, -0.1) is 0 Å². The van der Waals surface area contributed by atoms with Crippen molar-refractivity contribution in [1.29, 1.82) is 0 Å². The Kier molecular flexibility index (Phi) is 5.64. The summed E-state index contributed by atoms with van der Waals surface area (Å²) in [5, 5.41) is 13.0. The molecular formula is C21H28N4O3. The molecule has 1 unspecified atom stereocenters. The maximum Gasteiger partial charge on any atom is 0.227 e. The van der Waals surface area contributed by atoms with Crippen LogP contribution >= 0.6 is 0 Å². The van der Waals surface area contributed by atoms with E-state index >= 15 is 0 Å². The van der Waals surface area contributed by atoms with Crippen molar-refractivity contribution in [2.45, 2.75) is 32.3 Å². The van der Waals surface area contributed by atoms with Crippen molar-refractivity contribution in [3.63, 3.8) is 0 Å². The van der Waals surface area contributed by atoms with Crippen LogP contribution in [0.3, 0.4) is 0 Å². The standard InChI is InChI=1S/C21H28N4O3/c1-14-3-4-18(9-15(14)2)28-8-6-22-20-10-19(16-5-7-27-13-16)23-21(24-20)25-11-17(26)12-25/h3-4,9-10,16-17,26H,5-8,11-13H2,1-2H3,(H,22,23,24). The van der Waals surface area contributed by atoms with Crippen LogP contribution < -0.4 is 15.0 Å². The van der Waals surface area contributed by atoms with Crippen molar-refractivity contribution in [2.24, 2.45) is 0 Å². The Morgan fingerprint density at radius 1 is 1.21 bits per heavy atom. The number of hydrogen-bond acceptors (Lipinski definition) is 7. The van der Waals surface area contributed by atoms with Crippen LogP contribution in [0.1, 0.15) is 29.2 Å². The molecule has 1 atom stereocenters. The number of rotatable bonds is 7. The van der Waals surface area contributed by atoms with Gasteiger partial charge >= 0.3 is 0 Å². The predicted molar refractivity (Wildman–Crippen MR) is 108 cm³/mol. The summed E-state index contributed by atoms with van der Waals surface area (Å²) in [6, 6.07) is 8.14. The summed E-state index contributed by atoms with van der Waals surface area (Å²) in [7, 11) is 0. The zero-order valence-corrected chi connectivity index (χ0v) is 16.5. The quantitative estimate of drug-likeness (QED) is 0.709. The fourth-order valence-electron chi connectivity index (χ4n) is 3.43. The lowest BCUT2D eigenvalue weighted by molar-refractivity contribution is 0.140. The van der Waals surface area contributed by atoms with Crippen molar-refractivity contribution in [3.05, 3.63) is 41.1 Å². The number of anilines is 2. The number of aliphatic hydroxyl groups is 1. The van der Waals surface area contributed by atoms with E-state index in [4.69, 9.17) is 14.5 Å². The van der Waals surface area contributed by atoms with E-state index in [0.717, 1.165) is 30.3 Å². The summed E-state index contributed by atoms with van der Waals surface area (Å²) < 4.78 is 11.4. The number of benzene rings is 1. The molecule has 0 amide bonds. The molecule has 2 aliphatic rings. The molecule has 150 valence electrons. The van der Waals surface area contributed by atoms with Gasteiger partial charge in [0, 0.05) is 31.7 Å². The number of aryl methyl sites for hydroxylation is 2. The topological polar surface area (TPSA) is 79.7 Å². The second kappa shape index (κ2) is 8.32. The van der Waals surface area contributed by atoms with Gasteiger partial charge in [0.25, 0.3) is 0 Å². The van der Waals surface area contributed by atoms with Gasteiger partial charge in [0.15, 0.2) is 0 Å². The van der Waals surface area contributed by atoms with E-state index in [1.807, 2.05) is 17.0 Å². The van der Waals surface area contributed by atoms with Crippen LogP contribution in [-0.4, -0.2) is 60.6 Å². The Labute approximate surface area is 165 Å². The number of aliphatic hydroxyl groups excluding tert-OH is 1. The molecule has 2 N–H and O–H groups in total. The molecule has 2 fully saturated rings. The number of aromatic nitrogens is 2. The van der Waals surface area contributed by atoms with E-state index in [2.05, 4.69) is 36.3 Å². The summed E-state index contributed by atoms with van der Waals surface area (Å²) in [5.41, 5.74) is 3.49. The van der Waals surface area contributed by atoms with Crippen LogP contribution in [0.15, 0.2) is 24.3 Å². The highest BCUT2D eigenvalue weighted by Gasteiger charge is 2.28. The fourth-order valence-corrected chi connectivity index (χ4v) is 3.43. The Hall–Kier alpha value is -2.38. The van der Waals surface area contributed by atoms with Crippen molar-refractivity contribution in [2.75, 3.05) is 49.7 Å². The number of nitrogens with one attached hydrogen (secondary N) is 1. The summed E-state index contributed by atoms with van der Waals surface area (Å²) in [6.07, 6.45) is 0.693. The van der Waals surface area contributed by atoms with Gasteiger partial charge in [0.1, 0.15) is 18.2 Å². The molecule has 4 rings (SSSR count). The van der Waals surface area contributed by atoms with E-state index < -0.39 is 0 Å². The first-order valence-electron chi connectivity index (χ1n) is 9.92. The smallest absolute Gasteiger partial charge is 0.227 e. The third kappa shape index (κ3) is 4.36. The Balaban J connectivity index is 1.39. The first-order chi connectivity index (χ1) is 13.6. The number of β-amino-alcohol motifs (C(OH)–C–C–N with tert-alkyl or cyclic N) is 1. The Morgan fingerprint density at radius 2 is 2.07 bits per heavy atom. The van der Waals surface area contributed by atoms with Crippen molar-refractivity contribution in [1.82, 2.24) is 9.97 Å². The van der Waals surface area contributed by atoms with Gasteiger partial charge < -0.3 is 24.8 Å². The largest absolute Gasteiger partial charge is 0.492 e. The average molecular weight is 384 g/mol. The number of ether oxygens (including phenoxy) is 2. The summed E-state index contributed by atoms with van der Waals surface area (Å²) >= 11 is 0. The van der Waals surface area contributed by atoms with Crippen molar-refractivity contribution < 1.29 is 14.6 Å². The van der Waals surface area contributed by atoms with Gasteiger partial charge in [-0.2, -0.15) is 4.98 Å². The molecule has 7 nitrogen and oxygen atoms in total. The SMILES string of the molecule is Cc1ccc(OCCNc2cc(C3CCOC3)nc(N3CC(O)C3)n2)cc1C. The van der Waals surface area contributed by atoms with Gasteiger partial charge in [0.2, 0.25) is 5.95 Å². The van der Waals surface area contributed by atoms with Crippen LogP contribution in [0.2, 0.25) is 0 Å². The molecule has 2 aromatic rings. The molecule has 1 aromatic heterocycles. The fraction of sp³-hybridized carbons (Fsp3) is 0.524. The van der Waals surface area contributed by atoms with Gasteiger partial charge in [-0.1, -0.05) is 6.07 Å². The maximum atomic E-state index is 9.60. The Morgan fingerprint density at radius 3 is 2.79 bits per heavy atom. The molecule has 28 heavy (non-hydrogen) atoms. The molecule has 0 spiro atoms. The highest BCUT2D eigenvalue weighted by atomic mass is 16.5. The van der Waals surface area contributed by atoms with Gasteiger partial charge in [-0.05, 0) is 43.5 Å². The second-order valence-electron chi connectivity index (χ2n) is 7.62. The third-order valence-corrected chi connectivity index (χ3v) is 5.38. The van der Waals surface area contributed by atoms with Crippen molar-refractivity contribution >= 4 is 11.8 Å². The van der Waals surface area contributed by atoms with Crippen LogP contribution in [0.25, 0.3) is 0 Å². The minimum Gasteiger partial charge on any atom is -0.492 e. The molecule has 0 bridgehead atoms. The minimum absolute atomic E-state index is 0.287. The zero-order valence-electron chi connectivity index (χ0n) is 16.5. The zero-order chi connectivity index (χ0) is 19.5. The van der Waals surface area contributed by atoms with Crippen LogP contribution in [0.5, 0.6) is 5.75 Å². The van der Waals surface area contributed by atoms with E-state index in [1.165, 1.54) is 11.1 Å². The van der Waals surface area contributed by atoms with E-state index in [0.29, 0.717) is 44.7 Å². The monoisotopic (exact) mass is 384 g/mol. The molecule has 3 heterocycles. The first-order valence-corrected chi connectivity index (χ1v) is 9.92. The van der Waals surface area contributed by atoms with Gasteiger partial charge in [-0.3, -0.25) is 0 Å². The summed E-state index contributed by atoms with van der Waals surface area (Å²) in [4.78, 5) is 11.3. The first kappa shape index (κ1) is 19.0. The van der Waals surface area contributed by atoms with Crippen molar-refractivity contribution in [3.8, 4) is 5.75 Å². The lowest BCUT2D eigenvalue weighted by atomic mass is 10.0. The van der Waals surface area contributed by atoms with Crippen LogP contribution in [0.4, 0.5) is 11.8 Å². The molecule has 2 saturated heterocycles. The average Bonchev–Trinajstić information content (AvgIpc) is 3.20. The Bertz CT molecular complexity index is 817. The molecule has 0 saturated carbocycles. The van der Waals surface area contributed by atoms with Crippen LogP contribution in [-0.2, 0) is 4.74 Å². The normalized spacial score (nSPS) is 19.5. The van der Waals surface area contributed by atoms with Gasteiger partial charge in [0.05, 0.1) is 24.9 Å². The van der Waals surface area contributed by atoms with E-state index in [-0.39, 0.29) is 6.10 Å². The molecule has 1 aromatic carbocycles. The second-order valence-corrected chi connectivity index (χ2v) is 7.62. The lowest BCUT2D eigenvalue weighted by Crippen LogP contribution is -2.51. The maximum absolute atomic E-state index is 9.60. The summed E-state index contributed by atoms with van der Waals surface area (Å²) in [5.74, 6) is 2.65. The molecule has 0 radical (unpaired) electrons. The van der Waals surface area contributed by atoms with Gasteiger partial charge in [-0.25, -0.2) is 4.98 Å².